The number of hydrogen-bond acceptors (Lipinski definition) is 6. The van der Waals surface area contributed by atoms with Gasteiger partial charge >= 0.3 is 0 Å². The monoisotopic (exact) mass is 457 g/mol. The lowest BCUT2D eigenvalue weighted by Crippen LogP contribution is -2.07. The second kappa shape index (κ2) is 8.75. The van der Waals surface area contributed by atoms with Gasteiger partial charge in [-0.2, -0.15) is 0 Å². The van der Waals surface area contributed by atoms with E-state index in [9.17, 15) is 4.79 Å². The molecule has 0 aliphatic carbocycles. The Balaban J connectivity index is 1.48. The number of carbonyl (C=O) groups excluding carboxylic acids is 1. The number of para-hydroxylation sites is 1. The summed E-state index contributed by atoms with van der Waals surface area (Å²) in [5, 5.41) is 9.56. The molecular weight excluding hydrogens is 434 g/mol. The van der Waals surface area contributed by atoms with E-state index >= 15 is 0 Å². The molecule has 2 heterocycles. The molecule has 4 aromatic rings. The summed E-state index contributed by atoms with van der Waals surface area (Å²) in [7, 11) is 0. The molecule has 0 atom stereocenters. The van der Waals surface area contributed by atoms with Gasteiger partial charge in [-0.25, -0.2) is 0 Å². The summed E-state index contributed by atoms with van der Waals surface area (Å²) in [5.41, 5.74) is 5.84. The summed E-state index contributed by atoms with van der Waals surface area (Å²) >= 11 is 1.39. The zero-order valence-corrected chi connectivity index (χ0v) is 19.5. The Bertz CT molecular complexity index is 1350. The Morgan fingerprint density at radius 2 is 1.67 bits per heavy atom. The van der Waals surface area contributed by atoms with E-state index in [4.69, 9.17) is 9.47 Å². The van der Waals surface area contributed by atoms with Crippen LogP contribution in [0.4, 0.5) is 0 Å². The molecule has 0 bridgehead atoms. The molecule has 0 amide bonds. The van der Waals surface area contributed by atoms with Crippen molar-refractivity contribution in [2.75, 3.05) is 12.5 Å². The molecule has 1 aliphatic heterocycles. The number of ketones is 1. The fourth-order valence-electron chi connectivity index (χ4n) is 3.86. The molecule has 0 radical (unpaired) electrons. The van der Waals surface area contributed by atoms with E-state index in [0.717, 1.165) is 27.9 Å². The topological polar surface area (TPSA) is 66.2 Å². The first kappa shape index (κ1) is 21.3. The molecule has 1 aliphatic rings. The van der Waals surface area contributed by atoms with Gasteiger partial charge in [0.2, 0.25) is 6.79 Å². The van der Waals surface area contributed by atoms with Gasteiger partial charge in [-0.1, -0.05) is 36.0 Å². The van der Waals surface area contributed by atoms with Crippen molar-refractivity contribution in [2.45, 2.75) is 25.9 Å². The number of aryl methyl sites for hydroxylation is 3. The maximum absolute atomic E-state index is 13.0. The fraction of sp³-hybridized carbons (Fsp3) is 0.192. The van der Waals surface area contributed by atoms with E-state index in [-0.39, 0.29) is 18.3 Å². The van der Waals surface area contributed by atoms with Crippen LogP contribution in [0, 0.1) is 20.8 Å². The highest BCUT2D eigenvalue weighted by Gasteiger charge is 2.21. The molecule has 33 heavy (non-hydrogen) atoms. The lowest BCUT2D eigenvalue weighted by atomic mass is 9.99. The van der Waals surface area contributed by atoms with Crippen molar-refractivity contribution < 1.29 is 14.3 Å². The van der Waals surface area contributed by atoms with Crippen molar-refractivity contribution in [3.05, 3.63) is 82.9 Å². The van der Waals surface area contributed by atoms with Crippen molar-refractivity contribution >= 4 is 17.5 Å². The van der Waals surface area contributed by atoms with Crippen LogP contribution in [-0.2, 0) is 0 Å². The fourth-order valence-corrected chi connectivity index (χ4v) is 4.70. The van der Waals surface area contributed by atoms with E-state index in [0.29, 0.717) is 22.5 Å². The smallest absolute Gasteiger partial charge is 0.231 e. The standard InChI is InChI=1S/C26H23N3O3S/c1-16-11-18(3)21(12-17(16)2)22(30)14-33-26-28-27-25(29(26)20-7-5-4-6-8-20)19-9-10-23-24(13-19)32-15-31-23/h4-13H,14-15H2,1-3H3. The maximum Gasteiger partial charge on any atom is 0.231 e. The highest BCUT2D eigenvalue weighted by Crippen LogP contribution is 2.37. The average Bonchev–Trinajstić information content (AvgIpc) is 3.46. The summed E-state index contributed by atoms with van der Waals surface area (Å²) in [6.45, 7) is 6.29. The van der Waals surface area contributed by atoms with Gasteiger partial charge in [-0.3, -0.25) is 9.36 Å². The van der Waals surface area contributed by atoms with Gasteiger partial charge in [0.15, 0.2) is 28.3 Å². The largest absolute Gasteiger partial charge is 0.454 e. The number of nitrogens with zero attached hydrogens (tertiary/aromatic N) is 3. The number of Topliss-reactive ketones (excluding diaryl/α,β-unsaturated/α-hetero) is 1. The summed E-state index contributed by atoms with van der Waals surface area (Å²) < 4.78 is 13.0. The molecule has 0 unspecified atom stereocenters. The number of thioether (sulfide) groups is 1. The normalized spacial score (nSPS) is 12.2. The molecular formula is C26H23N3O3S. The van der Waals surface area contributed by atoms with E-state index in [1.807, 2.05) is 73.0 Å². The minimum atomic E-state index is 0.0767. The van der Waals surface area contributed by atoms with Crippen LogP contribution in [0.25, 0.3) is 17.1 Å². The van der Waals surface area contributed by atoms with Gasteiger partial charge in [0.05, 0.1) is 5.75 Å². The van der Waals surface area contributed by atoms with Crippen LogP contribution in [0.2, 0.25) is 0 Å². The average molecular weight is 458 g/mol. The lowest BCUT2D eigenvalue weighted by molar-refractivity contribution is 0.102. The molecule has 0 saturated carbocycles. The Morgan fingerprint density at radius 3 is 2.48 bits per heavy atom. The third kappa shape index (κ3) is 4.12. The Labute approximate surface area is 196 Å². The van der Waals surface area contributed by atoms with Gasteiger partial charge in [-0.05, 0) is 73.9 Å². The van der Waals surface area contributed by atoms with Gasteiger partial charge in [0, 0.05) is 16.8 Å². The predicted molar refractivity (Wildman–Crippen MR) is 129 cm³/mol. The van der Waals surface area contributed by atoms with Crippen LogP contribution >= 0.6 is 11.8 Å². The number of rotatable bonds is 6. The Kier molecular flexibility index (Phi) is 5.64. The van der Waals surface area contributed by atoms with Crippen LogP contribution in [0.15, 0.2) is 65.8 Å². The van der Waals surface area contributed by atoms with Gasteiger partial charge in [0.1, 0.15) is 0 Å². The molecule has 6 nitrogen and oxygen atoms in total. The summed E-state index contributed by atoms with van der Waals surface area (Å²) in [5.74, 6) is 2.43. The predicted octanol–water partition coefficient (Wildman–Crippen LogP) is 5.56. The van der Waals surface area contributed by atoms with Crippen molar-refractivity contribution in [3.63, 3.8) is 0 Å². The van der Waals surface area contributed by atoms with Gasteiger partial charge < -0.3 is 9.47 Å². The zero-order valence-electron chi connectivity index (χ0n) is 18.7. The first-order valence-electron chi connectivity index (χ1n) is 10.7. The van der Waals surface area contributed by atoms with E-state index < -0.39 is 0 Å². The van der Waals surface area contributed by atoms with Crippen LogP contribution < -0.4 is 9.47 Å². The molecule has 5 rings (SSSR count). The second-order valence-electron chi connectivity index (χ2n) is 8.01. The highest BCUT2D eigenvalue weighted by atomic mass is 32.2. The molecule has 3 aromatic carbocycles. The molecule has 1 aromatic heterocycles. The van der Waals surface area contributed by atoms with Crippen LogP contribution in [-0.4, -0.2) is 33.1 Å². The van der Waals surface area contributed by atoms with Crippen molar-refractivity contribution in [1.29, 1.82) is 0 Å². The summed E-state index contributed by atoms with van der Waals surface area (Å²) in [4.78, 5) is 13.0. The summed E-state index contributed by atoms with van der Waals surface area (Å²) in [6, 6.07) is 19.7. The third-order valence-corrected chi connectivity index (χ3v) is 6.68. The number of carbonyl (C=O) groups is 1. The van der Waals surface area contributed by atoms with Crippen molar-refractivity contribution in [3.8, 4) is 28.6 Å². The number of benzene rings is 3. The molecule has 166 valence electrons. The minimum absolute atomic E-state index is 0.0767. The van der Waals surface area contributed by atoms with Gasteiger partial charge in [0.25, 0.3) is 0 Å². The van der Waals surface area contributed by atoms with Crippen molar-refractivity contribution in [1.82, 2.24) is 14.8 Å². The second-order valence-corrected chi connectivity index (χ2v) is 8.95. The Morgan fingerprint density at radius 1 is 0.909 bits per heavy atom. The number of aromatic nitrogens is 3. The maximum atomic E-state index is 13.0. The molecule has 7 heteroatoms. The first-order chi connectivity index (χ1) is 16.0. The quantitative estimate of drug-likeness (QED) is 0.279. The van der Waals surface area contributed by atoms with Crippen LogP contribution in [0.5, 0.6) is 11.5 Å². The first-order valence-corrected chi connectivity index (χ1v) is 11.6. The molecule has 0 saturated heterocycles. The zero-order chi connectivity index (χ0) is 22.9. The number of fused-ring (bicyclic) bond motifs is 1. The van der Waals surface area contributed by atoms with E-state index in [2.05, 4.69) is 23.2 Å². The molecule has 0 N–H and O–H groups in total. The SMILES string of the molecule is Cc1cc(C)c(C(=O)CSc2nnc(-c3ccc4c(c3)OCO4)n2-c2ccccc2)cc1C. The van der Waals surface area contributed by atoms with E-state index in [1.54, 1.807) is 0 Å². The highest BCUT2D eigenvalue weighted by molar-refractivity contribution is 7.99. The molecule has 0 fully saturated rings. The Hall–Kier alpha value is -3.58. The molecule has 0 spiro atoms. The lowest BCUT2D eigenvalue weighted by Gasteiger charge is -2.11. The van der Waals surface area contributed by atoms with E-state index in [1.165, 1.54) is 17.3 Å². The number of ether oxygens (including phenoxy) is 2. The third-order valence-electron chi connectivity index (χ3n) is 5.75. The minimum Gasteiger partial charge on any atom is -0.454 e. The van der Waals surface area contributed by atoms with Gasteiger partial charge in [-0.15, -0.1) is 10.2 Å². The van der Waals surface area contributed by atoms with Crippen LogP contribution in [0.3, 0.4) is 0 Å². The van der Waals surface area contributed by atoms with Crippen LogP contribution in [0.1, 0.15) is 27.0 Å². The summed E-state index contributed by atoms with van der Waals surface area (Å²) in [6.07, 6.45) is 0. The van der Waals surface area contributed by atoms with Crippen molar-refractivity contribution in [2.24, 2.45) is 0 Å². The number of hydrogen-bond donors (Lipinski definition) is 0.